The number of nitrogens with zero attached hydrogens (tertiary/aromatic N) is 1. The van der Waals surface area contributed by atoms with Crippen molar-refractivity contribution in [2.75, 3.05) is 13.1 Å². The number of hydrogen-bond donors (Lipinski definition) is 0. The molecule has 0 saturated carbocycles. The molecule has 0 N–H and O–H groups in total. The van der Waals surface area contributed by atoms with Gasteiger partial charge in [0.15, 0.2) is 0 Å². The third-order valence-electron chi connectivity index (χ3n) is 2.32. The van der Waals surface area contributed by atoms with E-state index >= 15 is 0 Å². The van der Waals surface area contributed by atoms with Gasteiger partial charge in [-0.25, -0.2) is 0 Å². The van der Waals surface area contributed by atoms with Crippen molar-refractivity contribution in [1.29, 1.82) is 0 Å². The highest BCUT2D eigenvalue weighted by molar-refractivity contribution is 5.51. The topological polar surface area (TPSA) is 20.3 Å². The zero-order valence-corrected chi connectivity index (χ0v) is 7.25. The number of hydrogen-bond acceptors (Lipinski definition) is 2. The lowest BCUT2D eigenvalue weighted by Gasteiger charge is -2.30. The van der Waals surface area contributed by atoms with Crippen molar-refractivity contribution in [3.8, 4) is 5.92 Å². The molecule has 0 aliphatic carbocycles. The minimum Gasteiger partial charge on any atom is -0.303 e. The van der Waals surface area contributed by atoms with Crippen LogP contribution >= 0.6 is 0 Å². The third kappa shape index (κ3) is 2.35. The average Bonchev–Trinajstić information content (AvgIpc) is 2.15. The number of carbonyl (C=O) groups excluding carboxylic acids is 1. The molecular formula is C10H14NO. The summed E-state index contributed by atoms with van der Waals surface area (Å²) in [6, 6.07) is -0.0669. The number of piperidine rings is 1. The van der Waals surface area contributed by atoms with Crippen LogP contribution in [0.5, 0.6) is 0 Å². The predicted molar refractivity (Wildman–Crippen MR) is 47.0 cm³/mol. The van der Waals surface area contributed by atoms with Crippen LogP contribution in [0.1, 0.15) is 25.7 Å². The van der Waals surface area contributed by atoms with Gasteiger partial charge in [-0.3, -0.25) is 4.90 Å². The Morgan fingerprint density at radius 2 is 2.08 bits per heavy atom. The maximum atomic E-state index is 10.3. The summed E-state index contributed by atoms with van der Waals surface area (Å²) < 4.78 is 0. The van der Waals surface area contributed by atoms with Gasteiger partial charge >= 0.3 is 0 Å². The number of likely N-dealkylation sites (tertiary alicyclic amines) is 1. The van der Waals surface area contributed by atoms with E-state index in [0.717, 1.165) is 19.4 Å². The molecule has 0 aromatic carbocycles. The zero-order valence-electron chi connectivity index (χ0n) is 7.25. The Labute approximate surface area is 73.9 Å². The summed E-state index contributed by atoms with van der Waals surface area (Å²) >= 11 is 0. The Morgan fingerprint density at radius 1 is 1.42 bits per heavy atom. The van der Waals surface area contributed by atoms with E-state index in [-0.39, 0.29) is 6.04 Å². The molecule has 2 nitrogen and oxygen atoms in total. The minimum atomic E-state index is -0.0669. The molecule has 1 saturated heterocycles. The molecule has 12 heavy (non-hydrogen) atoms. The highest BCUT2D eigenvalue weighted by Gasteiger charge is 2.17. The van der Waals surface area contributed by atoms with Gasteiger partial charge < -0.3 is 4.79 Å². The highest BCUT2D eigenvalue weighted by Crippen LogP contribution is 2.12. The smallest absolute Gasteiger partial charge is 0.122 e. The van der Waals surface area contributed by atoms with Gasteiger partial charge in [-0.2, -0.15) is 0 Å². The Kier molecular flexibility index (Phi) is 3.83. The molecule has 1 aliphatic heterocycles. The molecule has 0 amide bonds. The highest BCUT2D eigenvalue weighted by atomic mass is 16.1. The fourth-order valence-corrected chi connectivity index (χ4v) is 1.62. The van der Waals surface area contributed by atoms with Crippen molar-refractivity contribution >= 4 is 6.29 Å². The summed E-state index contributed by atoms with van der Waals surface area (Å²) in [5.41, 5.74) is 0. The van der Waals surface area contributed by atoms with Crippen molar-refractivity contribution in [2.24, 2.45) is 0 Å². The number of rotatable bonds is 3. The van der Waals surface area contributed by atoms with E-state index in [1.807, 2.05) is 0 Å². The molecule has 65 valence electrons. The van der Waals surface area contributed by atoms with Gasteiger partial charge in [-0.15, -0.1) is 0 Å². The first kappa shape index (κ1) is 9.28. The molecule has 1 rings (SSSR count). The van der Waals surface area contributed by atoms with Gasteiger partial charge in [-0.05, 0) is 32.4 Å². The SMILES string of the molecule is [C]#CC(CC=O)N1CCCCC1. The summed E-state index contributed by atoms with van der Waals surface area (Å²) in [5, 5.41) is 0. The molecule has 0 bridgehead atoms. The van der Waals surface area contributed by atoms with Crippen LogP contribution in [0.2, 0.25) is 0 Å². The van der Waals surface area contributed by atoms with E-state index < -0.39 is 0 Å². The molecule has 1 unspecified atom stereocenters. The molecule has 2 heteroatoms. The first-order valence-electron chi connectivity index (χ1n) is 4.48. The molecule has 0 aromatic rings. The summed E-state index contributed by atoms with van der Waals surface area (Å²) in [7, 11) is 0. The Bertz CT molecular complexity index is 177. The van der Waals surface area contributed by atoms with E-state index in [0.29, 0.717) is 6.42 Å². The summed E-state index contributed by atoms with van der Waals surface area (Å²) in [6.45, 7) is 2.04. The molecule has 0 aromatic heterocycles. The maximum Gasteiger partial charge on any atom is 0.122 e. The van der Waals surface area contributed by atoms with Crippen LogP contribution in [0.4, 0.5) is 0 Å². The average molecular weight is 164 g/mol. The molecular weight excluding hydrogens is 150 g/mol. The number of aldehydes is 1. The summed E-state index contributed by atoms with van der Waals surface area (Å²) in [5.74, 6) is 2.42. The molecule has 0 spiro atoms. The van der Waals surface area contributed by atoms with Gasteiger partial charge in [-0.1, -0.05) is 12.3 Å². The monoisotopic (exact) mass is 164 g/mol. The van der Waals surface area contributed by atoms with E-state index in [2.05, 4.69) is 10.8 Å². The standard InChI is InChI=1S/C10H14NO/c1-2-10(6-9-12)11-7-4-3-5-8-11/h9-10H,3-8H2. The third-order valence-corrected chi connectivity index (χ3v) is 2.32. The molecule has 1 radical (unpaired) electrons. The van der Waals surface area contributed by atoms with Crippen LogP contribution in [0.3, 0.4) is 0 Å². The van der Waals surface area contributed by atoms with Crippen LogP contribution < -0.4 is 0 Å². The van der Waals surface area contributed by atoms with E-state index in [1.165, 1.54) is 19.3 Å². The van der Waals surface area contributed by atoms with Crippen molar-refractivity contribution < 1.29 is 4.79 Å². The van der Waals surface area contributed by atoms with Crippen LogP contribution in [0.15, 0.2) is 0 Å². The van der Waals surface area contributed by atoms with Crippen LogP contribution in [0.25, 0.3) is 0 Å². The second-order valence-corrected chi connectivity index (χ2v) is 3.16. The van der Waals surface area contributed by atoms with Crippen LogP contribution in [-0.4, -0.2) is 30.3 Å². The molecule has 1 fully saturated rings. The Morgan fingerprint density at radius 3 is 2.58 bits per heavy atom. The van der Waals surface area contributed by atoms with Gasteiger partial charge in [0.05, 0.1) is 6.04 Å². The largest absolute Gasteiger partial charge is 0.303 e. The predicted octanol–water partition coefficient (Wildman–Crippen LogP) is 1.02. The Hall–Kier alpha value is -0.810. The van der Waals surface area contributed by atoms with Crippen molar-refractivity contribution in [1.82, 2.24) is 4.90 Å². The van der Waals surface area contributed by atoms with Gasteiger partial charge in [0.25, 0.3) is 0 Å². The minimum absolute atomic E-state index is 0.0669. The first-order valence-corrected chi connectivity index (χ1v) is 4.48. The summed E-state index contributed by atoms with van der Waals surface area (Å²) in [6.07, 6.45) is 12.0. The lowest BCUT2D eigenvalue weighted by Crippen LogP contribution is -2.38. The van der Waals surface area contributed by atoms with E-state index in [4.69, 9.17) is 6.42 Å². The Balaban J connectivity index is 2.41. The molecule has 1 heterocycles. The molecule has 1 atom stereocenters. The molecule has 1 aliphatic rings. The second-order valence-electron chi connectivity index (χ2n) is 3.16. The fourth-order valence-electron chi connectivity index (χ4n) is 1.62. The number of carbonyl (C=O) groups is 1. The lowest BCUT2D eigenvalue weighted by molar-refractivity contribution is -0.108. The van der Waals surface area contributed by atoms with Crippen molar-refractivity contribution in [3.05, 3.63) is 6.42 Å². The van der Waals surface area contributed by atoms with Gasteiger partial charge in [0, 0.05) is 6.42 Å². The first-order chi connectivity index (χ1) is 5.88. The van der Waals surface area contributed by atoms with Gasteiger partial charge in [0.2, 0.25) is 0 Å². The maximum absolute atomic E-state index is 10.3. The van der Waals surface area contributed by atoms with Crippen LogP contribution in [0, 0.1) is 12.3 Å². The normalized spacial score (nSPS) is 21.2. The van der Waals surface area contributed by atoms with E-state index in [1.54, 1.807) is 0 Å². The van der Waals surface area contributed by atoms with Crippen molar-refractivity contribution in [3.63, 3.8) is 0 Å². The summed E-state index contributed by atoms with van der Waals surface area (Å²) in [4.78, 5) is 12.4. The van der Waals surface area contributed by atoms with Crippen LogP contribution in [-0.2, 0) is 4.79 Å². The van der Waals surface area contributed by atoms with E-state index in [9.17, 15) is 4.79 Å². The van der Waals surface area contributed by atoms with Gasteiger partial charge in [0.1, 0.15) is 6.29 Å². The fraction of sp³-hybridized carbons (Fsp3) is 0.700. The quantitative estimate of drug-likeness (QED) is 0.458. The second kappa shape index (κ2) is 4.95. The zero-order chi connectivity index (χ0) is 8.81. The van der Waals surface area contributed by atoms with Crippen molar-refractivity contribution in [2.45, 2.75) is 31.7 Å². The lowest BCUT2D eigenvalue weighted by atomic mass is 10.1.